The maximum Gasteiger partial charge on any atom is 0.496 e. The van der Waals surface area contributed by atoms with Gasteiger partial charge in [-0.1, -0.05) is 78.9 Å². The fourth-order valence-electron chi connectivity index (χ4n) is 6.42. The summed E-state index contributed by atoms with van der Waals surface area (Å²) < 4.78 is 21.5. The number of furan rings is 1. The van der Waals surface area contributed by atoms with E-state index in [-0.39, 0.29) is 0 Å². The summed E-state index contributed by atoms with van der Waals surface area (Å²) in [7, 11) is -0.433. The van der Waals surface area contributed by atoms with Crippen molar-refractivity contribution in [3.63, 3.8) is 0 Å². The van der Waals surface area contributed by atoms with Crippen LogP contribution in [-0.2, 0) is 9.31 Å². The van der Waals surface area contributed by atoms with E-state index in [9.17, 15) is 0 Å². The van der Waals surface area contributed by atoms with Crippen molar-refractivity contribution in [3.05, 3.63) is 109 Å². The predicted octanol–water partition coefficient (Wildman–Crippen LogP) is 9.44. The molecule has 1 fully saturated rings. The highest BCUT2D eigenvalue weighted by Gasteiger charge is 2.52. The Hall–Kier alpha value is -4.89. The van der Waals surface area contributed by atoms with Gasteiger partial charge in [0.1, 0.15) is 11.2 Å². The first-order valence-corrected chi connectivity index (χ1v) is 16.6. The molecule has 4 heterocycles. The van der Waals surface area contributed by atoms with Crippen molar-refractivity contribution in [2.75, 3.05) is 0 Å². The van der Waals surface area contributed by atoms with E-state index < -0.39 is 18.3 Å². The van der Waals surface area contributed by atoms with Gasteiger partial charge in [-0.3, -0.25) is 0 Å². The quantitative estimate of drug-likeness (QED) is 0.180. The van der Waals surface area contributed by atoms with Crippen molar-refractivity contribution in [2.45, 2.75) is 38.9 Å². The van der Waals surface area contributed by atoms with Gasteiger partial charge in [0.25, 0.3) is 0 Å². The van der Waals surface area contributed by atoms with E-state index in [1.54, 1.807) is 11.3 Å². The fourth-order valence-corrected chi connectivity index (χ4v) is 7.62. The van der Waals surface area contributed by atoms with E-state index in [4.69, 9.17) is 28.7 Å². The van der Waals surface area contributed by atoms with Crippen molar-refractivity contribution in [1.29, 1.82) is 0 Å². The van der Waals surface area contributed by atoms with E-state index in [2.05, 4.69) is 76.2 Å². The highest BCUT2D eigenvalue weighted by molar-refractivity contribution is 7.27. The molecular weight excluding hydrogens is 601 g/mol. The summed E-state index contributed by atoms with van der Waals surface area (Å²) >= 11 is 1.76. The maximum absolute atomic E-state index is 6.46. The van der Waals surface area contributed by atoms with Gasteiger partial charge >= 0.3 is 7.12 Å². The average molecular weight is 632 g/mol. The van der Waals surface area contributed by atoms with Crippen LogP contribution in [0.25, 0.3) is 76.3 Å². The summed E-state index contributed by atoms with van der Waals surface area (Å²) in [5, 5.41) is 4.33. The Morgan fingerprint density at radius 3 is 2.04 bits per heavy atom. The van der Waals surface area contributed by atoms with Gasteiger partial charge in [-0.05, 0) is 63.4 Å². The first-order chi connectivity index (χ1) is 22.8. The molecule has 0 atom stereocenters. The third-order valence-corrected chi connectivity index (χ3v) is 10.8. The standard InChI is InChI=1S/C39H30BN3O3S/c1-38(2)39(3,4)46-40(45-38)29-17-10-15-25-28-22-24(20-21-32(28)47-34(25)29)36-41-35(23-12-6-5-7-13-23)42-37(43-36)27-16-11-19-31-33(27)26-14-8-9-18-30(26)44-31/h5-22H,1-4H3. The Kier molecular flexibility index (Phi) is 6.22. The third-order valence-electron chi connectivity index (χ3n) is 9.60. The highest BCUT2D eigenvalue weighted by atomic mass is 32.1. The zero-order chi connectivity index (χ0) is 31.9. The van der Waals surface area contributed by atoms with Crippen LogP contribution in [0.4, 0.5) is 0 Å². The molecule has 228 valence electrons. The lowest BCUT2D eigenvalue weighted by Gasteiger charge is -2.32. The smallest absolute Gasteiger partial charge is 0.456 e. The Morgan fingerprint density at radius 1 is 0.574 bits per heavy atom. The number of para-hydroxylation sites is 1. The second-order valence-corrected chi connectivity index (χ2v) is 14.1. The molecule has 0 aliphatic carbocycles. The lowest BCUT2D eigenvalue weighted by molar-refractivity contribution is 0.00578. The molecule has 1 aliphatic rings. The van der Waals surface area contributed by atoms with Crippen LogP contribution < -0.4 is 5.46 Å². The first-order valence-electron chi connectivity index (χ1n) is 15.8. The minimum absolute atomic E-state index is 0.413. The molecule has 0 bridgehead atoms. The lowest BCUT2D eigenvalue weighted by Crippen LogP contribution is -2.41. The third kappa shape index (κ3) is 4.51. The molecule has 1 saturated heterocycles. The van der Waals surface area contributed by atoms with Crippen LogP contribution in [0.5, 0.6) is 0 Å². The minimum Gasteiger partial charge on any atom is -0.456 e. The Balaban J connectivity index is 1.22. The normalized spacial score (nSPS) is 15.8. The van der Waals surface area contributed by atoms with Crippen LogP contribution in [0, 0.1) is 0 Å². The molecule has 0 radical (unpaired) electrons. The molecule has 8 heteroatoms. The monoisotopic (exact) mass is 631 g/mol. The summed E-state index contributed by atoms with van der Waals surface area (Å²) in [4.78, 5) is 15.2. The summed E-state index contributed by atoms with van der Waals surface area (Å²) in [6, 6.07) is 37.1. The van der Waals surface area contributed by atoms with E-state index in [1.807, 2.05) is 60.7 Å². The summed E-state index contributed by atoms with van der Waals surface area (Å²) in [5.41, 5.74) is 4.62. The SMILES string of the molecule is CC1(C)OB(c2cccc3c2sc2ccc(-c4nc(-c5ccccc5)nc(-c5cccc6oc7ccccc7c56)n4)cc23)OC1(C)C. The lowest BCUT2D eigenvalue weighted by atomic mass is 9.78. The zero-order valence-corrected chi connectivity index (χ0v) is 27.3. The molecule has 0 saturated carbocycles. The number of nitrogens with zero attached hydrogens (tertiary/aromatic N) is 3. The Labute approximate surface area is 276 Å². The first kappa shape index (κ1) is 28.3. The molecular formula is C39H30BN3O3S. The molecule has 1 aliphatic heterocycles. The van der Waals surface area contributed by atoms with Gasteiger partial charge in [-0.2, -0.15) is 0 Å². The van der Waals surface area contributed by atoms with Crippen molar-refractivity contribution >= 4 is 66.0 Å². The van der Waals surface area contributed by atoms with Gasteiger partial charge in [0.15, 0.2) is 17.5 Å². The van der Waals surface area contributed by atoms with E-state index in [0.717, 1.165) is 59.6 Å². The average Bonchev–Trinajstić information content (AvgIpc) is 3.72. The van der Waals surface area contributed by atoms with Gasteiger partial charge in [0, 0.05) is 47.7 Å². The van der Waals surface area contributed by atoms with Crippen LogP contribution in [0.2, 0.25) is 0 Å². The van der Waals surface area contributed by atoms with Gasteiger partial charge < -0.3 is 13.7 Å². The van der Waals surface area contributed by atoms with Crippen LogP contribution in [0.1, 0.15) is 27.7 Å². The van der Waals surface area contributed by atoms with Gasteiger partial charge in [0.2, 0.25) is 0 Å². The van der Waals surface area contributed by atoms with Crippen molar-refractivity contribution in [1.82, 2.24) is 15.0 Å². The number of aromatic nitrogens is 3. The van der Waals surface area contributed by atoms with Crippen LogP contribution in [0.3, 0.4) is 0 Å². The molecule has 0 amide bonds. The van der Waals surface area contributed by atoms with Gasteiger partial charge in [-0.15, -0.1) is 11.3 Å². The number of hydrogen-bond donors (Lipinski definition) is 0. The second kappa shape index (κ2) is 10.3. The largest absolute Gasteiger partial charge is 0.496 e. The molecule has 0 unspecified atom stereocenters. The van der Waals surface area contributed by atoms with Crippen molar-refractivity contribution in [3.8, 4) is 34.2 Å². The van der Waals surface area contributed by atoms with Crippen LogP contribution in [0.15, 0.2) is 114 Å². The summed E-state index contributed by atoms with van der Waals surface area (Å²) in [5.74, 6) is 1.83. The second-order valence-electron chi connectivity index (χ2n) is 13.1. The summed E-state index contributed by atoms with van der Waals surface area (Å²) in [6.07, 6.45) is 0. The molecule has 5 aromatic carbocycles. The van der Waals surface area contributed by atoms with Crippen molar-refractivity contribution in [2.24, 2.45) is 0 Å². The van der Waals surface area contributed by atoms with E-state index in [0.29, 0.717) is 17.5 Å². The molecule has 6 nitrogen and oxygen atoms in total. The molecule has 9 rings (SSSR count). The molecule has 0 spiro atoms. The number of fused-ring (bicyclic) bond motifs is 6. The van der Waals surface area contributed by atoms with Gasteiger partial charge in [0.05, 0.1) is 11.2 Å². The van der Waals surface area contributed by atoms with E-state index in [1.165, 1.54) is 4.70 Å². The molecule has 3 aromatic heterocycles. The van der Waals surface area contributed by atoms with Crippen LogP contribution >= 0.6 is 11.3 Å². The zero-order valence-electron chi connectivity index (χ0n) is 26.4. The fraction of sp³-hybridized carbons (Fsp3) is 0.154. The minimum atomic E-state index is -0.433. The Morgan fingerprint density at radius 2 is 1.23 bits per heavy atom. The van der Waals surface area contributed by atoms with Gasteiger partial charge in [-0.25, -0.2) is 15.0 Å². The number of thiophene rings is 1. The predicted molar refractivity (Wildman–Crippen MR) is 192 cm³/mol. The topological polar surface area (TPSA) is 70.3 Å². The summed E-state index contributed by atoms with van der Waals surface area (Å²) in [6.45, 7) is 8.36. The van der Waals surface area contributed by atoms with E-state index >= 15 is 0 Å². The number of rotatable bonds is 4. The maximum atomic E-state index is 6.46. The number of benzene rings is 5. The highest BCUT2D eigenvalue weighted by Crippen LogP contribution is 2.41. The molecule has 0 N–H and O–H groups in total. The Bertz CT molecular complexity index is 2490. The number of hydrogen-bond acceptors (Lipinski definition) is 7. The van der Waals surface area contributed by atoms with Crippen molar-refractivity contribution < 1.29 is 13.7 Å². The molecule has 8 aromatic rings. The van der Waals surface area contributed by atoms with Crippen LogP contribution in [-0.4, -0.2) is 33.3 Å². The molecule has 47 heavy (non-hydrogen) atoms.